The lowest BCUT2D eigenvalue weighted by Gasteiger charge is -2.02. The molecule has 0 unspecified atom stereocenters. The van der Waals surface area contributed by atoms with E-state index in [1.807, 2.05) is 36.5 Å². The maximum Gasteiger partial charge on any atom is 0.226 e. The van der Waals surface area contributed by atoms with Crippen LogP contribution < -0.4 is 5.32 Å². The largest absolute Gasteiger partial charge is 0.444 e. The zero-order valence-corrected chi connectivity index (χ0v) is 12.7. The number of carbonyl (C=O) groups excluding carboxylic acids is 1. The van der Waals surface area contributed by atoms with E-state index in [0.717, 1.165) is 24.0 Å². The molecule has 2 N–H and O–H groups in total. The van der Waals surface area contributed by atoms with E-state index in [4.69, 9.17) is 4.42 Å². The molecule has 0 bridgehead atoms. The molecule has 3 aromatic rings. The summed E-state index contributed by atoms with van der Waals surface area (Å²) in [6.07, 6.45) is 7.31. The number of benzene rings is 1. The van der Waals surface area contributed by atoms with Crippen LogP contribution in [0.4, 0.5) is 0 Å². The number of hydrogen-bond acceptors (Lipinski definition) is 4. The highest BCUT2D eigenvalue weighted by atomic mass is 16.3. The Labute approximate surface area is 133 Å². The minimum atomic E-state index is 0.0118. The van der Waals surface area contributed by atoms with Crippen molar-refractivity contribution < 1.29 is 9.21 Å². The van der Waals surface area contributed by atoms with Gasteiger partial charge in [0.05, 0.1) is 18.4 Å². The first-order chi connectivity index (χ1) is 11.3. The van der Waals surface area contributed by atoms with E-state index in [1.165, 1.54) is 0 Å². The first-order valence-electron chi connectivity index (χ1n) is 7.55. The number of oxazole rings is 1. The second-order valence-electron chi connectivity index (χ2n) is 5.25. The van der Waals surface area contributed by atoms with Crippen molar-refractivity contribution in [1.82, 2.24) is 20.5 Å². The van der Waals surface area contributed by atoms with Crippen molar-refractivity contribution in [3.05, 3.63) is 60.2 Å². The van der Waals surface area contributed by atoms with Crippen molar-refractivity contribution in [3.63, 3.8) is 0 Å². The molecule has 6 heteroatoms. The van der Waals surface area contributed by atoms with Crippen LogP contribution in [0.1, 0.15) is 24.1 Å². The highest BCUT2D eigenvalue weighted by molar-refractivity contribution is 5.75. The van der Waals surface area contributed by atoms with Crippen molar-refractivity contribution in [2.24, 2.45) is 0 Å². The van der Waals surface area contributed by atoms with Gasteiger partial charge in [-0.2, -0.15) is 5.10 Å². The standard InChI is InChI=1S/C17H18N4O2/c22-16(8-4-5-13-9-19-20-10-13)18-11-15-12-23-17(21-15)14-6-2-1-3-7-14/h1-3,6-7,9-10,12H,4-5,8,11H2,(H,18,22)(H,19,20). The van der Waals surface area contributed by atoms with Gasteiger partial charge in [-0.15, -0.1) is 0 Å². The molecule has 2 aromatic heterocycles. The zero-order valence-electron chi connectivity index (χ0n) is 12.7. The number of aromatic amines is 1. The van der Waals surface area contributed by atoms with Crippen LogP contribution >= 0.6 is 0 Å². The van der Waals surface area contributed by atoms with Crippen LogP contribution in [0.25, 0.3) is 11.5 Å². The fourth-order valence-corrected chi connectivity index (χ4v) is 2.25. The smallest absolute Gasteiger partial charge is 0.226 e. The van der Waals surface area contributed by atoms with Crippen molar-refractivity contribution in [2.75, 3.05) is 0 Å². The molecule has 0 fully saturated rings. The molecule has 6 nitrogen and oxygen atoms in total. The van der Waals surface area contributed by atoms with Gasteiger partial charge in [-0.05, 0) is 30.5 Å². The Hall–Kier alpha value is -2.89. The lowest BCUT2D eigenvalue weighted by molar-refractivity contribution is -0.121. The maximum atomic E-state index is 11.8. The summed E-state index contributed by atoms with van der Waals surface area (Å²) in [6.45, 7) is 0.376. The molecule has 0 saturated carbocycles. The molecule has 0 aliphatic heterocycles. The third-order valence-electron chi connectivity index (χ3n) is 3.46. The van der Waals surface area contributed by atoms with E-state index in [2.05, 4.69) is 20.5 Å². The maximum absolute atomic E-state index is 11.8. The summed E-state index contributed by atoms with van der Waals surface area (Å²) in [6, 6.07) is 9.67. The van der Waals surface area contributed by atoms with Crippen LogP contribution in [0.3, 0.4) is 0 Å². The third-order valence-corrected chi connectivity index (χ3v) is 3.46. The van der Waals surface area contributed by atoms with Gasteiger partial charge in [-0.1, -0.05) is 18.2 Å². The Balaban J connectivity index is 1.43. The number of nitrogens with zero attached hydrogens (tertiary/aromatic N) is 2. The topological polar surface area (TPSA) is 83.8 Å². The summed E-state index contributed by atoms with van der Waals surface area (Å²) >= 11 is 0. The molecular weight excluding hydrogens is 292 g/mol. The van der Waals surface area contributed by atoms with Gasteiger partial charge >= 0.3 is 0 Å². The first-order valence-corrected chi connectivity index (χ1v) is 7.55. The summed E-state index contributed by atoms with van der Waals surface area (Å²) in [7, 11) is 0. The number of amides is 1. The number of rotatable bonds is 7. The van der Waals surface area contributed by atoms with Crippen LogP contribution in [0.5, 0.6) is 0 Å². The predicted octanol–water partition coefficient (Wildman–Crippen LogP) is 2.70. The van der Waals surface area contributed by atoms with Crippen LogP contribution in [-0.2, 0) is 17.8 Å². The van der Waals surface area contributed by atoms with Crippen molar-refractivity contribution in [2.45, 2.75) is 25.8 Å². The molecule has 0 atom stereocenters. The molecule has 0 radical (unpaired) electrons. The molecule has 0 aliphatic carbocycles. The summed E-state index contributed by atoms with van der Waals surface area (Å²) in [5.41, 5.74) is 2.75. The molecular formula is C17H18N4O2. The van der Waals surface area contributed by atoms with Gasteiger partial charge in [-0.3, -0.25) is 9.89 Å². The van der Waals surface area contributed by atoms with Gasteiger partial charge in [0.2, 0.25) is 11.8 Å². The molecule has 1 amide bonds. The second-order valence-corrected chi connectivity index (χ2v) is 5.25. The zero-order chi connectivity index (χ0) is 15.9. The lowest BCUT2D eigenvalue weighted by Crippen LogP contribution is -2.22. The SMILES string of the molecule is O=C(CCCc1cn[nH]c1)NCc1coc(-c2ccccc2)n1. The van der Waals surface area contributed by atoms with Gasteiger partial charge in [0, 0.05) is 18.2 Å². The summed E-state index contributed by atoms with van der Waals surface area (Å²) in [5.74, 6) is 0.576. The number of hydrogen-bond donors (Lipinski definition) is 2. The molecule has 0 saturated heterocycles. The van der Waals surface area contributed by atoms with Crippen LogP contribution in [0, 0.1) is 0 Å². The van der Waals surface area contributed by atoms with Crippen LogP contribution in [0.2, 0.25) is 0 Å². The number of aromatic nitrogens is 3. The number of nitrogens with one attached hydrogen (secondary N) is 2. The molecule has 1 aromatic carbocycles. The van der Waals surface area contributed by atoms with Crippen LogP contribution in [0.15, 0.2) is 53.4 Å². The Bertz CT molecular complexity index is 735. The Kier molecular flexibility index (Phi) is 4.83. The predicted molar refractivity (Wildman–Crippen MR) is 85.3 cm³/mol. The van der Waals surface area contributed by atoms with Crippen molar-refractivity contribution in [1.29, 1.82) is 0 Å². The van der Waals surface area contributed by atoms with E-state index in [9.17, 15) is 4.79 Å². The van der Waals surface area contributed by atoms with Crippen LogP contribution in [-0.4, -0.2) is 21.1 Å². The average Bonchev–Trinajstić information content (AvgIpc) is 3.25. The van der Waals surface area contributed by atoms with E-state index < -0.39 is 0 Å². The van der Waals surface area contributed by atoms with E-state index in [0.29, 0.717) is 24.6 Å². The molecule has 23 heavy (non-hydrogen) atoms. The Morgan fingerprint density at radius 3 is 2.91 bits per heavy atom. The lowest BCUT2D eigenvalue weighted by atomic mass is 10.1. The Morgan fingerprint density at radius 1 is 1.26 bits per heavy atom. The van der Waals surface area contributed by atoms with Crippen molar-refractivity contribution in [3.8, 4) is 11.5 Å². The fourth-order valence-electron chi connectivity index (χ4n) is 2.25. The Morgan fingerprint density at radius 2 is 2.13 bits per heavy atom. The fraction of sp³-hybridized carbons (Fsp3) is 0.235. The third kappa shape index (κ3) is 4.29. The quantitative estimate of drug-likeness (QED) is 0.703. The number of aryl methyl sites for hydroxylation is 1. The summed E-state index contributed by atoms with van der Waals surface area (Å²) in [5, 5.41) is 9.50. The van der Waals surface area contributed by atoms with Gasteiger partial charge in [-0.25, -0.2) is 4.98 Å². The molecule has 3 rings (SSSR count). The van der Waals surface area contributed by atoms with Crippen molar-refractivity contribution >= 4 is 5.91 Å². The first kappa shape index (κ1) is 15.0. The van der Waals surface area contributed by atoms with Gasteiger partial charge < -0.3 is 9.73 Å². The molecule has 118 valence electrons. The van der Waals surface area contributed by atoms with Gasteiger partial charge in [0.15, 0.2) is 0 Å². The van der Waals surface area contributed by atoms with Gasteiger partial charge in [0.25, 0.3) is 0 Å². The highest BCUT2D eigenvalue weighted by Gasteiger charge is 2.08. The molecule has 0 aliphatic rings. The number of H-pyrrole nitrogens is 1. The second kappa shape index (κ2) is 7.40. The summed E-state index contributed by atoms with van der Waals surface area (Å²) in [4.78, 5) is 16.2. The van der Waals surface area contributed by atoms with E-state index >= 15 is 0 Å². The minimum absolute atomic E-state index is 0.0118. The highest BCUT2D eigenvalue weighted by Crippen LogP contribution is 2.17. The number of carbonyl (C=O) groups is 1. The monoisotopic (exact) mass is 310 g/mol. The summed E-state index contributed by atoms with van der Waals surface area (Å²) < 4.78 is 5.44. The van der Waals surface area contributed by atoms with Gasteiger partial charge in [0.1, 0.15) is 6.26 Å². The van der Waals surface area contributed by atoms with E-state index in [-0.39, 0.29) is 5.91 Å². The molecule has 2 heterocycles. The van der Waals surface area contributed by atoms with E-state index in [1.54, 1.807) is 12.5 Å². The normalized spacial score (nSPS) is 10.6. The average molecular weight is 310 g/mol. The minimum Gasteiger partial charge on any atom is -0.444 e. The molecule has 0 spiro atoms.